The third-order valence-corrected chi connectivity index (χ3v) is 3.65. The summed E-state index contributed by atoms with van der Waals surface area (Å²) in [6, 6.07) is 4.17. The SMILES string of the molecule is Cc1cc(C)c(NC(=O)Cn2cc[n+](C)c2C)c(C)c1. The molecule has 0 spiro atoms. The Labute approximate surface area is 120 Å². The van der Waals surface area contributed by atoms with Crippen molar-refractivity contribution in [1.82, 2.24) is 4.57 Å². The van der Waals surface area contributed by atoms with Crippen molar-refractivity contribution >= 4 is 11.6 Å². The summed E-state index contributed by atoms with van der Waals surface area (Å²) in [4.78, 5) is 12.2. The predicted octanol–water partition coefficient (Wildman–Crippen LogP) is 2.18. The number of carbonyl (C=O) groups excluding carboxylic acids is 1. The highest BCUT2D eigenvalue weighted by atomic mass is 16.1. The molecule has 0 aliphatic heterocycles. The van der Waals surface area contributed by atoms with Gasteiger partial charge in [-0.2, -0.15) is 0 Å². The van der Waals surface area contributed by atoms with Gasteiger partial charge in [0.15, 0.2) is 6.54 Å². The monoisotopic (exact) mass is 272 g/mol. The Morgan fingerprint density at radius 3 is 2.30 bits per heavy atom. The van der Waals surface area contributed by atoms with Crippen molar-refractivity contribution in [3.05, 3.63) is 47.0 Å². The van der Waals surface area contributed by atoms with Crippen LogP contribution in [0.25, 0.3) is 0 Å². The van der Waals surface area contributed by atoms with Crippen molar-refractivity contribution in [2.75, 3.05) is 5.32 Å². The molecule has 1 heterocycles. The summed E-state index contributed by atoms with van der Waals surface area (Å²) in [7, 11) is 1.97. The average Bonchev–Trinajstić information content (AvgIpc) is 2.66. The molecule has 0 saturated heterocycles. The smallest absolute Gasteiger partial charge is 0.266 e. The molecule has 2 rings (SSSR count). The average molecular weight is 272 g/mol. The lowest BCUT2D eigenvalue weighted by Crippen LogP contribution is -2.31. The molecule has 1 amide bonds. The Bertz CT molecular complexity index is 633. The number of aromatic nitrogens is 2. The summed E-state index contributed by atoms with van der Waals surface area (Å²) in [5.74, 6) is 1.05. The fourth-order valence-electron chi connectivity index (χ4n) is 2.48. The molecule has 1 aromatic carbocycles. The van der Waals surface area contributed by atoms with E-state index in [1.807, 2.05) is 49.3 Å². The minimum Gasteiger partial charge on any atom is -0.322 e. The van der Waals surface area contributed by atoms with Gasteiger partial charge >= 0.3 is 0 Å². The summed E-state index contributed by atoms with van der Waals surface area (Å²) in [5.41, 5.74) is 4.34. The van der Waals surface area contributed by atoms with Gasteiger partial charge < -0.3 is 5.32 Å². The first-order valence-electron chi connectivity index (χ1n) is 6.77. The number of amides is 1. The molecule has 4 heteroatoms. The lowest BCUT2D eigenvalue weighted by atomic mass is 10.1. The third kappa shape index (κ3) is 2.90. The van der Waals surface area contributed by atoms with Crippen LogP contribution in [-0.2, 0) is 18.4 Å². The van der Waals surface area contributed by atoms with E-state index in [1.54, 1.807) is 0 Å². The number of hydrogen-bond donors (Lipinski definition) is 1. The molecule has 0 aliphatic carbocycles. The first-order chi connectivity index (χ1) is 9.38. The van der Waals surface area contributed by atoms with Gasteiger partial charge in [-0.25, -0.2) is 9.13 Å². The number of nitrogens with one attached hydrogen (secondary N) is 1. The maximum absolute atomic E-state index is 12.2. The summed E-state index contributed by atoms with van der Waals surface area (Å²) >= 11 is 0. The van der Waals surface area contributed by atoms with Gasteiger partial charge in [0, 0.05) is 12.6 Å². The molecular weight excluding hydrogens is 250 g/mol. The van der Waals surface area contributed by atoms with Crippen molar-refractivity contribution in [3.63, 3.8) is 0 Å². The van der Waals surface area contributed by atoms with Crippen molar-refractivity contribution in [2.45, 2.75) is 34.2 Å². The van der Waals surface area contributed by atoms with Crippen molar-refractivity contribution in [2.24, 2.45) is 7.05 Å². The summed E-state index contributed by atoms with van der Waals surface area (Å²) in [6.45, 7) is 8.44. The predicted molar refractivity (Wildman–Crippen MR) is 79.6 cm³/mol. The molecule has 106 valence electrons. The second kappa shape index (κ2) is 5.49. The fraction of sp³-hybridized carbons (Fsp3) is 0.375. The molecule has 0 aliphatic rings. The van der Waals surface area contributed by atoms with Crippen LogP contribution in [0.5, 0.6) is 0 Å². The molecule has 1 N–H and O–H groups in total. The van der Waals surface area contributed by atoms with Gasteiger partial charge in [0.2, 0.25) is 0 Å². The second-order valence-electron chi connectivity index (χ2n) is 5.41. The Morgan fingerprint density at radius 1 is 1.20 bits per heavy atom. The van der Waals surface area contributed by atoms with E-state index in [2.05, 4.69) is 24.4 Å². The minimum absolute atomic E-state index is 0.000599. The van der Waals surface area contributed by atoms with E-state index < -0.39 is 0 Å². The number of benzene rings is 1. The molecule has 0 saturated carbocycles. The minimum atomic E-state index is -0.000599. The van der Waals surface area contributed by atoms with Gasteiger partial charge in [0.1, 0.15) is 12.4 Å². The largest absolute Gasteiger partial charge is 0.322 e. The second-order valence-corrected chi connectivity index (χ2v) is 5.41. The van der Waals surface area contributed by atoms with Gasteiger partial charge in [-0.1, -0.05) is 17.7 Å². The van der Waals surface area contributed by atoms with Crippen LogP contribution in [-0.4, -0.2) is 10.5 Å². The van der Waals surface area contributed by atoms with Crippen LogP contribution in [0.15, 0.2) is 24.5 Å². The zero-order valence-electron chi connectivity index (χ0n) is 12.8. The van der Waals surface area contributed by atoms with Crippen molar-refractivity contribution in [3.8, 4) is 0 Å². The van der Waals surface area contributed by atoms with E-state index in [1.165, 1.54) is 5.56 Å². The van der Waals surface area contributed by atoms with Gasteiger partial charge in [-0.3, -0.25) is 4.79 Å². The van der Waals surface area contributed by atoms with Crippen LogP contribution in [0.2, 0.25) is 0 Å². The summed E-state index contributed by atoms with van der Waals surface area (Å²) in [5, 5.41) is 3.02. The van der Waals surface area contributed by atoms with Gasteiger partial charge in [0.25, 0.3) is 11.7 Å². The Morgan fingerprint density at radius 2 is 1.80 bits per heavy atom. The summed E-state index contributed by atoms with van der Waals surface area (Å²) in [6.07, 6.45) is 3.87. The van der Waals surface area contributed by atoms with Crippen LogP contribution >= 0.6 is 0 Å². The van der Waals surface area contributed by atoms with E-state index >= 15 is 0 Å². The number of imidazole rings is 1. The lowest BCUT2D eigenvalue weighted by Gasteiger charge is -2.12. The zero-order valence-corrected chi connectivity index (χ0v) is 12.8. The highest BCUT2D eigenvalue weighted by Crippen LogP contribution is 2.21. The first-order valence-corrected chi connectivity index (χ1v) is 6.77. The molecule has 0 bridgehead atoms. The molecule has 4 nitrogen and oxygen atoms in total. The zero-order chi connectivity index (χ0) is 14.9. The lowest BCUT2D eigenvalue weighted by molar-refractivity contribution is -0.677. The number of rotatable bonds is 3. The standard InChI is InChI=1S/C16H21N3O/c1-11-8-12(2)16(13(3)9-11)17-15(20)10-19-7-6-18(5)14(19)4/h6-9H,10H2,1-5H3/p+1. The van der Waals surface area contributed by atoms with Crippen LogP contribution in [0, 0.1) is 27.7 Å². The fourth-order valence-corrected chi connectivity index (χ4v) is 2.48. The normalized spacial score (nSPS) is 10.7. The van der Waals surface area contributed by atoms with Crippen molar-refractivity contribution in [1.29, 1.82) is 0 Å². The van der Waals surface area contributed by atoms with E-state index in [-0.39, 0.29) is 5.91 Å². The third-order valence-electron chi connectivity index (χ3n) is 3.65. The molecule has 2 aromatic rings. The van der Waals surface area contributed by atoms with Crippen molar-refractivity contribution < 1.29 is 9.36 Å². The summed E-state index contributed by atoms with van der Waals surface area (Å²) < 4.78 is 3.93. The quantitative estimate of drug-likeness (QED) is 0.855. The first kappa shape index (κ1) is 14.3. The Balaban J connectivity index is 2.15. The van der Waals surface area contributed by atoms with Gasteiger partial charge in [0.05, 0.1) is 7.05 Å². The van der Waals surface area contributed by atoms with Gasteiger partial charge in [-0.05, 0) is 31.9 Å². The Hall–Kier alpha value is -2.10. The topological polar surface area (TPSA) is 37.9 Å². The maximum Gasteiger partial charge on any atom is 0.266 e. The molecule has 20 heavy (non-hydrogen) atoms. The molecule has 0 radical (unpaired) electrons. The Kier molecular flexibility index (Phi) is 3.93. The van der Waals surface area contributed by atoms with Gasteiger partial charge in [-0.15, -0.1) is 0 Å². The molecular formula is C16H22N3O+. The van der Waals surface area contributed by atoms with E-state index in [0.717, 1.165) is 22.6 Å². The molecule has 0 atom stereocenters. The maximum atomic E-state index is 12.2. The molecule has 0 fully saturated rings. The highest BCUT2D eigenvalue weighted by Gasteiger charge is 2.14. The number of nitrogens with zero attached hydrogens (tertiary/aromatic N) is 2. The number of anilines is 1. The highest BCUT2D eigenvalue weighted by molar-refractivity contribution is 5.92. The van der Waals surface area contributed by atoms with Crippen LogP contribution in [0.3, 0.4) is 0 Å². The van der Waals surface area contributed by atoms with E-state index in [0.29, 0.717) is 6.54 Å². The van der Waals surface area contributed by atoms with E-state index in [9.17, 15) is 4.79 Å². The van der Waals surface area contributed by atoms with Crippen LogP contribution in [0.4, 0.5) is 5.69 Å². The molecule has 1 aromatic heterocycles. The number of aryl methyl sites for hydroxylation is 4. The van der Waals surface area contributed by atoms with Crippen LogP contribution in [0.1, 0.15) is 22.5 Å². The number of hydrogen-bond acceptors (Lipinski definition) is 1. The number of carbonyl (C=O) groups is 1. The van der Waals surface area contributed by atoms with E-state index in [4.69, 9.17) is 0 Å². The molecule has 0 unspecified atom stereocenters. The van der Waals surface area contributed by atoms with Crippen LogP contribution < -0.4 is 9.88 Å².